The lowest BCUT2D eigenvalue weighted by Gasteiger charge is -2.15. The molecule has 0 saturated carbocycles. The molecule has 2 aromatic rings. The van der Waals surface area contributed by atoms with E-state index >= 15 is 0 Å². The average Bonchev–Trinajstić information content (AvgIpc) is 2.65. The van der Waals surface area contributed by atoms with Crippen LogP contribution in [0.4, 0.5) is 32.0 Å². The van der Waals surface area contributed by atoms with Crippen LogP contribution in [-0.2, 0) is 27.2 Å². The molecule has 0 heterocycles. The van der Waals surface area contributed by atoms with Gasteiger partial charge in [-0.2, -0.15) is 26.3 Å². The van der Waals surface area contributed by atoms with E-state index in [4.69, 9.17) is 4.74 Å². The lowest BCUT2D eigenvalue weighted by atomic mass is 10.1. The maximum atomic E-state index is 12.8. The molecule has 2 aromatic carbocycles. The Balaban J connectivity index is 2.11. The van der Waals surface area contributed by atoms with E-state index in [0.29, 0.717) is 12.1 Å². The summed E-state index contributed by atoms with van der Waals surface area (Å²) in [5.74, 6) is -1.67. The first-order chi connectivity index (χ1) is 14.1. The number of hydrogen-bond donors (Lipinski definition) is 1. The second-order valence-electron chi connectivity index (χ2n) is 6.39. The van der Waals surface area contributed by atoms with Crippen molar-refractivity contribution in [2.24, 2.45) is 0 Å². The molecule has 2 rings (SSSR count). The maximum absolute atomic E-state index is 12.8. The van der Waals surface area contributed by atoms with Crippen molar-refractivity contribution in [2.45, 2.75) is 17.2 Å². The molecule has 0 radical (unpaired) electrons. The number of carbonyl (C=O) groups is 1. The summed E-state index contributed by atoms with van der Waals surface area (Å²) in [6, 6.07) is 5.60. The predicted octanol–water partition coefficient (Wildman–Crippen LogP) is 3.99. The van der Waals surface area contributed by atoms with Crippen LogP contribution in [0.15, 0.2) is 47.4 Å². The van der Waals surface area contributed by atoms with Crippen LogP contribution < -0.4 is 10.1 Å². The summed E-state index contributed by atoms with van der Waals surface area (Å²) in [7, 11) is -1.02. The van der Waals surface area contributed by atoms with Crippen molar-refractivity contribution in [3.05, 3.63) is 53.6 Å². The van der Waals surface area contributed by atoms with Gasteiger partial charge >= 0.3 is 12.4 Å². The molecular formula is C18H16F6N2O4S. The Morgan fingerprint density at radius 3 is 1.84 bits per heavy atom. The fraction of sp³-hybridized carbons (Fsp3) is 0.278. The number of nitrogens with one attached hydrogen (secondary N) is 1. The first-order valence-electron chi connectivity index (χ1n) is 8.35. The van der Waals surface area contributed by atoms with Crippen LogP contribution >= 0.6 is 0 Å². The number of sulfonamides is 1. The summed E-state index contributed by atoms with van der Waals surface area (Å²) in [6.07, 6.45) is -10.1. The zero-order valence-corrected chi connectivity index (χ0v) is 16.8. The SMILES string of the molecule is CN(C)S(=O)(=O)c1ccc(NC(=O)COc2cc(C(F)(F)F)cc(C(F)(F)F)c2)cc1. The Morgan fingerprint density at radius 2 is 1.42 bits per heavy atom. The quantitative estimate of drug-likeness (QED) is 0.648. The van der Waals surface area contributed by atoms with Crippen molar-refractivity contribution in [1.29, 1.82) is 0 Å². The second kappa shape index (κ2) is 8.75. The molecule has 0 bridgehead atoms. The molecule has 31 heavy (non-hydrogen) atoms. The van der Waals surface area contributed by atoms with Gasteiger partial charge in [0.25, 0.3) is 5.91 Å². The van der Waals surface area contributed by atoms with Gasteiger partial charge in [0.1, 0.15) is 5.75 Å². The lowest BCUT2D eigenvalue weighted by Crippen LogP contribution is -2.22. The number of halogens is 6. The topological polar surface area (TPSA) is 75.7 Å². The van der Waals surface area contributed by atoms with Crippen molar-refractivity contribution < 1.29 is 44.3 Å². The highest BCUT2D eigenvalue weighted by Gasteiger charge is 2.37. The van der Waals surface area contributed by atoms with Gasteiger partial charge in [-0.3, -0.25) is 4.79 Å². The predicted molar refractivity (Wildman–Crippen MR) is 97.9 cm³/mol. The zero-order valence-electron chi connectivity index (χ0n) is 16.0. The van der Waals surface area contributed by atoms with Crippen molar-refractivity contribution in [3.8, 4) is 5.75 Å². The minimum atomic E-state index is -5.05. The van der Waals surface area contributed by atoms with Gasteiger partial charge in [-0.25, -0.2) is 12.7 Å². The van der Waals surface area contributed by atoms with Gasteiger partial charge in [0.05, 0.1) is 16.0 Å². The molecule has 0 aliphatic rings. The number of rotatable bonds is 6. The van der Waals surface area contributed by atoms with E-state index in [0.717, 1.165) is 4.31 Å². The highest BCUT2D eigenvalue weighted by Crippen LogP contribution is 2.38. The largest absolute Gasteiger partial charge is 0.484 e. The second-order valence-corrected chi connectivity index (χ2v) is 8.54. The summed E-state index contributed by atoms with van der Waals surface area (Å²) >= 11 is 0. The molecule has 0 unspecified atom stereocenters. The van der Waals surface area contributed by atoms with Crippen LogP contribution in [0.25, 0.3) is 0 Å². The van der Waals surface area contributed by atoms with Gasteiger partial charge in [0.2, 0.25) is 10.0 Å². The summed E-state index contributed by atoms with van der Waals surface area (Å²) in [5, 5.41) is 2.29. The van der Waals surface area contributed by atoms with Crippen LogP contribution in [0.1, 0.15) is 11.1 Å². The molecule has 6 nitrogen and oxygen atoms in total. The lowest BCUT2D eigenvalue weighted by molar-refractivity contribution is -0.143. The summed E-state index contributed by atoms with van der Waals surface area (Å²) in [6.45, 7) is -0.879. The van der Waals surface area contributed by atoms with Crippen LogP contribution in [0.3, 0.4) is 0 Å². The van der Waals surface area contributed by atoms with Crippen molar-refractivity contribution in [3.63, 3.8) is 0 Å². The molecule has 0 aromatic heterocycles. The molecule has 170 valence electrons. The molecule has 0 fully saturated rings. The molecule has 1 amide bonds. The van der Waals surface area contributed by atoms with Crippen LogP contribution in [0.2, 0.25) is 0 Å². The smallest absolute Gasteiger partial charge is 0.416 e. The minimum absolute atomic E-state index is 0.0459. The highest BCUT2D eigenvalue weighted by atomic mass is 32.2. The number of amides is 1. The first-order valence-corrected chi connectivity index (χ1v) is 9.79. The molecule has 0 saturated heterocycles. The van der Waals surface area contributed by atoms with Gasteiger partial charge in [-0.05, 0) is 42.5 Å². The van der Waals surface area contributed by atoms with E-state index in [1.54, 1.807) is 0 Å². The van der Waals surface area contributed by atoms with E-state index in [1.165, 1.54) is 38.4 Å². The van der Waals surface area contributed by atoms with Crippen LogP contribution in [0, 0.1) is 0 Å². The molecule has 0 atom stereocenters. The number of benzene rings is 2. The number of ether oxygens (including phenoxy) is 1. The zero-order chi connectivity index (χ0) is 23.6. The monoisotopic (exact) mass is 470 g/mol. The number of hydrogen-bond acceptors (Lipinski definition) is 4. The van der Waals surface area contributed by atoms with Gasteiger partial charge < -0.3 is 10.1 Å². The molecule has 1 N–H and O–H groups in total. The third kappa shape index (κ3) is 6.34. The first kappa shape index (κ1) is 24.5. The van der Waals surface area contributed by atoms with Crippen LogP contribution in [0.5, 0.6) is 5.75 Å². The van der Waals surface area contributed by atoms with E-state index in [1.807, 2.05) is 0 Å². The van der Waals surface area contributed by atoms with Crippen molar-refractivity contribution >= 4 is 21.6 Å². The van der Waals surface area contributed by atoms with Crippen molar-refractivity contribution in [2.75, 3.05) is 26.0 Å². The summed E-state index contributed by atoms with van der Waals surface area (Å²) in [4.78, 5) is 11.9. The molecule has 0 spiro atoms. The average molecular weight is 470 g/mol. The van der Waals surface area contributed by atoms with Gasteiger partial charge in [-0.1, -0.05) is 0 Å². The third-order valence-corrected chi connectivity index (χ3v) is 5.68. The number of carbonyl (C=O) groups excluding carboxylic acids is 1. The fourth-order valence-electron chi connectivity index (χ4n) is 2.28. The fourth-order valence-corrected chi connectivity index (χ4v) is 3.18. The number of nitrogens with zero attached hydrogens (tertiary/aromatic N) is 1. The van der Waals surface area contributed by atoms with Crippen molar-refractivity contribution in [1.82, 2.24) is 4.31 Å². The van der Waals surface area contributed by atoms with Gasteiger partial charge in [0.15, 0.2) is 6.61 Å². The van der Waals surface area contributed by atoms with E-state index in [-0.39, 0.29) is 16.6 Å². The Morgan fingerprint density at radius 1 is 0.935 bits per heavy atom. The van der Waals surface area contributed by atoms with Crippen LogP contribution in [-0.4, -0.2) is 39.3 Å². The van der Waals surface area contributed by atoms with E-state index < -0.39 is 51.8 Å². The number of anilines is 1. The summed E-state index contributed by atoms with van der Waals surface area (Å²) < 4.78 is 107. The molecule has 0 aliphatic heterocycles. The molecule has 13 heteroatoms. The maximum Gasteiger partial charge on any atom is 0.416 e. The molecular weight excluding hydrogens is 454 g/mol. The van der Waals surface area contributed by atoms with E-state index in [9.17, 15) is 39.6 Å². The Kier molecular flexibility index (Phi) is 6.90. The van der Waals surface area contributed by atoms with E-state index in [2.05, 4.69) is 5.32 Å². The summed E-state index contributed by atoms with van der Waals surface area (Å²) in [5.41, 5.74) is -3.00. The Hall–Kier alpha value is -2.80. The Bertz CT molecular complexity index is 1020. The standard InChI is InChI=1S/C18H16F6N2O4S/c1-26(2)31(28,29)15-5-3-13(4-6-15)25-16(27)10-30-14-8-11(17(19,20)21)7-12(9-14)18(22,23)24/h3-9H,10H2,1-2H3,(H,25,27). The minimum Gasteiger partial charge on any atom is -0.484 e. The normalized spacial score (nSPS) is 12.7. The highest BCUT2D eigenvalue weighted by molar-refractivity contribution is 7.89. The Labute approximate surface area is 173 Å². The van der Waals surface area contributed by atoms with Gasteiger partial charge in [-0.15, -0.1) is 0 Å². The third-order valence-electron chi connectivity index (χ3n) is 3.85. The molecule has 0 aliphatic carbocycles. The van der Waals surface area contributed by atoms with Gasteiger partial charge in [0, 0.05) is 19.8 Å². The number of alkyl halides is 6.